The summed E-state index contributed by atoms with van der Waals surface area (Å²) in [4.78, 5) is 28.3. The molecule has 1 heterocycles. The monoisotopic (exact) mass is 438 g/mol. The maximum absolute atomic E-state index is 12.0. The second-order valence-electron chi connectivity index (χ2n) is 7.90. The second kappa shape index (κ2) is 8.43. The summed E-state index contributed by atoms with van der Waals surface area (Å²) >= 11 is 6.34. The lowest BCUT2D eigenvalue weighted by Crippen LogP contribution is -2.30. The highest BCUT2D eigenvalue weighted by Gasteiger charge is 2.23. The number of benzene rings is 2. The molecule has 31 heavy (non-hydrogen) atoms. The number of nitrogens with zero attached hydrogens (tertiary/aromatic N) is 1. The van der Waals surface area contributed by atoms with E-state index in [2.05, 4.69) is 15.6 Å². The Labute approximate surface area is 184 Å². The minimum Gasteiger partial charge on any atom is -0.457 e. The number of anilines is 1. The third kappa shape index (κ3) is 4.72. The first-order valence-corrected chi connectivity index (χ1v) is 10.5. The Kier molecular flexibility index (Phi) is 5.69. The van der Waals surface area contributed by atoms with Gasteiger partial charge in [-0.1, -0.05) is 25.4 Å². The number of pyridine rings is 1. The number of amides is 3. The molecular formula is C23H23ClN4O3. The summed E-state index contributed by atoms with van der Waals surface area (Å²) in [6.07, 6.45) is 3.65. The van der Waals surface area contributed by atoms with Crippen molar-refractivity contribution in [3.05, 3.63) is 58.7 Å². The SMILES string of the molecule is CC(C)c1cc2nccc(Oc3ccc(NC(=O)NC4CC4)c(Cl)c3)c2cc1C(N)=O. The van der Waals surface area contributed by atoms with Crippen molar-refractivity contribution < 1.29 is 14.3 Å². The van der Waals surface area contributed by atoms with Crippen molar-refractivity contribution in [3.63, 3.8) is 0 Å². The van der Waals surface area contributed by atoms with Crippen molar-refractivity contribution in [2.45, 2.75) is 38.6 Å². The highest BCUT2D eigenvalue weighted by atomic mass is 35.5. The van der Waals surface area contributed by atoms with Crippen LogP contribution in [0.2, 0.25) is 5.02 Å². The number of primary amides is 1. The van der Waals surface area contributed by atoms with Crippen LogP contribution in [0.5, 0.6) is 11.5 Å². The van der Waals surface area contributed by atoms with Crippen LogP contribution in [0.4, 0.5) is 10.5 Å². The van der Waals surface area contributed by atoms with Crippen LogP contribution in [0.3, 0.4) is 0 Å². The number of aromatic nitrogens is 1. The van der Waals surface area contributed by atoms with E-state index in [1.165, 1.54) is 0 Å². The second-order valence-corrected chi connectivity index (χ2v) is 8.31. The van der Waals surface area contributed by atoms with E-state index in [1.807, 2.05) is 19.9 Å². The largest absolute Gasteiger partial charge is 0.457 e. The van der Waals surface area contributed by atoms with Gasteiger partial charge in [0.2, 0.25) is 5.91 Å². The molecule has 0 aliphatic heterocycles. The van der Waals surface area contributed by atoms with E-state index >= 15 is 0 Å². The Morgan fingerprint density at radius 2 is 1.97 bits per heavy atom. The van der Waals surface area contributed by atoms with Gasteiger partial charge >= 0.3 is 6.03 Å². The van der Waals surface area contributed by atoms with Crippen LogP contribution in [-0.2, 0) is 0 Å². The van der Waals surface area contributed by atoms with Gasteiger partial charge in [-0.2, -0.15) is 0 Å². The summed E-state index contributed by atoms with van der Waals surface area (Å²) in [5.41, 5.74) is 8.07. The smallest absolute Gasteiger partial charge is 0.319 e. The van der Waals surface area contributed by atoms with Gasteiger partial charge in [0.25, 0.3) is 0 Å². The Balaban J connectivity index is 1.62. The molecule has 160 valence electrons. The van der Waals surface area contributed by atoms with Crippen LogP contribution in [-0.4, -0.2) is 23.0 Å². The van der Waals surface area contributed by atoms with E-state index in [0.29, 0.717) is 38.7 Å². The maximum atomic E-state index is 12.0. The molecule has 4 rings (SSSR count). The number of hydrogen-bond donors (Lipinski definition) is 3. The third-order valence-corrected chi connectivity index (χ3v) is 5.40. The zero-order valence-electron chi connectivity index (χ0n) is 17.2. The van der Waals surface area contributed by atoms with Gasteiger partial charge in [0.05, 0.1) is 16.2 Å². The highest BCUT2D eigenvalue weighted by molar-refractivity contribution is 6.33. The molecule has 1 aliphatic carbocycles. The van der Waals surface area contributed by atoms with Crippen molar-refractivity contribution in [2.24, 2.45) is 5.73 Å². The predicted octanol–water partition coefficient (Wildman–Crippen LogP) is 5.19. The van der Waals surface area contributed by atoms with E-state index in [0.717, 1.165) is 18.4 Å². The summed E-state index contributed by atoms with van der Waals surface area (Å²) in [6, 6.07) is 10.3. The number of carbonyl (C=O) groups is 2. The molecule has 1 saturated carbocycles. The summed E-state index contributed by atoms with van der Waals surface area (Å²) in [6.45, 7) is 3.99. The summed E-state index contributed by atoms with van der Waals surface area (Å²) in [5, 5.41) is 6.60. The van der Waals surface area contributed by atoms with Gasteiger partial charge in [-0.15, -0.1) is 0 Å². The quantitative estimate of drug-likeness (QED) is 0.492. The van der Waals surface area contributed by atoms with Gasteiger partial charge in [0, 0.05) is 29.3 Å². The zero-order chi connectivity index (χ0) is 22.1. The minimum absolute atomic E-state index is 0.120. The Morgan fingerprint density at radius 3 is 2.61 bits per heavy atom. The standard InChI is InChI=1S/C23H23ClN4O3/c1-12(2)15-11-20-17(10-16(15)22(25)29)21(7-8-26-20)31-14-5-6-19(18(24)9-14)28-23(30)27-13-3-4-13/h5-13H,3-4H2,1-2H3,(H2,25,29)(H2,27,28,30). The van der Waals surface area contributed by atoms with Gasteiger partial charge in [-0.3, -0.25) is 9.78 Å². The van der Waals surface area contributed by atoms with Gasteiger partial charge in [0.15, 0.2) is 0 Å². The number of ether oxygens (including phenoxy) is 1. The van der Waals surface area contributed by atoms with Crippen LogP contribution in [0.25, 0.3) is 10.9 Å². The van der Waals surface area contributed by atoms with E-state index in [1.54, 1.807) is 36.5 Å². The van der Waals surface area contributed by atoms with Gasteiger partial charge in [-0.25, -0.2) is 4.79 Å². The zero-order valence-corrected chi connectivity index (χ0v) is 18.0. The molecule has 0 spiro atoms. The molecular weight excluding hydrogens is 416 g/mol. The van der Waals surface area contributed by atoms with Crippen LogP contribution < -0.4 is 21.1 Å². The van der Waals surface area contributed by atoms with Crippen molar-refractivity contribution in [3.8, 4) is 11.5 Å². The molecule has 0 unspecified atom stereocenters. The van der Waals surface area contributed by atoms with Crippen molar-refractivity contribution in [1.82, 2.24) is 10.3 Å². The van der Waals surface area contributed by atoms with Gasteiger partial charge in [0.1, 0.15) is 11.5 Å². The Hall–Kier alpha value is -3.32. The average Bonchev–Trinajstić information content (AvgIpc) is 3.53. The van der Waals surface area contributed by atoms with Gasteiger partial charge < -0.3 is 21.1 Å². The number of carbonyl (C=O) groups excluding carboxylic acids is 2. The normalized spacial score (nSPS) is 13.3. The number of nitrogens with one attached hydrogen (secondary N) is 2. The van der Waals surface area contributed by atoms with Crippen molar-refractivity contribution >= 4 is 40.1 Å². The van der Waals surface area contributed by atoms with Crippen LogP contribution in [0.15, 0.2) is 42.6 Å². The molecule has 0 saturated heterocycles. The first-order chi connectivity index (χ1) is 14.8. The molecule has 2 aromatic carbocycles. The fourth-order valence-corrected chi connectivity index (χ4v) is 3.54. The number of fused-ring (bicyclic) bond motifs is 1. The molecule has 4 N–H and O–H groups in total. The highest BCUT2D eigenvalue weighted by Crippen LogP contribution is 2.35. The summed E-state index contributed by atoms with van der Waals surface area (Å²) in [7, 11) is 0. The minimum atomic E-state index is -0.497. The van der Waals surface area contributed by atoms with Crippen molar-refractivity contribution in [2.75, 3.05) is 5.32 Å². The lowest BCUT2D eigenvalue weighted by atomic mass is 9.94. The Bertz CT molecular complexity index is 1170. The van der Waals surface area contributed by atoms with E-state index in [4.69, 9.17) is 22.1 Å². The molecule has 7 nitrogen and oxygen atoms in total. The fourth-order valence-electron chi connectivity index (χ4n) is 3.32. The van der Waals surface area contributed by atoms with Crippen LogP contribution >= 0.6 is 11.6 Å². The van der Waals surface area contributed by atoms with Crippen molar-refractivity contribution in [1.29, 1.82) is 0 Å². The molecule has 0 atom stereocenters. The topological polar surface area (TPSA) is 106 Å². The van der Waals surface area contributed by atoms with Crippen LogP contribution in [0.1, 0.15) is 48.5 Å². The lowest BCUT2D eigenvalue weighted by molar-refractivity contribution is 0.0999. The summed E-state index contributed by atoms with van der Waals surface area (Å²) < 4.78 is 6.04. The number of rotatable bonds is 6. The van der Waals surface area contributed by atoms with E-state index in [-0.39, 0.29) is 18.0 Å². The molecule has 1 aliphatic rings. The molecule has 0 radical (unpaired) electrons. The number of nitrogens with two attached hydrogens (primary N) is 1. The maximum Gasteiger partial charge on any atom is 0.319 e. The molecule has 3 amide bonds. The molecule has 3 aromatic rings. The van der Waals surface area contributed by atoms with E-state index in [9.17, 15) is 9.59 Å². The number of halogens is 1. The number of urea groups is 1. The van der Waals surface area contributed by atoms with Crippen LogP contribution in [0, 0.1) is 0 Å². The third-order valence-electron chi connectivity index (χ3n) is 5.09. The van der Waals surface area contributed by atoms with E-state index < -0.39 is 5.91 Å². The lowest BCUT2D eigenvalue weighted by Gasteiger charge is -2.15. The molecule has 1 aromatic heterocycles. The predicted molar refractivity (Wildman–Crippen MR) is 121 cm³/mol. The molecule has 0 bridgehead atoms. The molecule has 1 fully saturated rings. The molecule has 8 heteroatoms. The first-order valence-electron chi connectivity index (χ1n) is 10.1. The summed E-state index contributed by atoms with van der Waals surface area (Å²) in [5.74, 6) is 0.628. The number of hydrogen-bond acceptors (Lipinski definition) is 4. The first kappa shape index (κ1) is 20.9. The fraction of sp³-hybridized carbons (Fsp3) is 0.261. The van der Waals surface area contributed by atoms with Gasteiger partial charge in [-0.05, 0) is 54.7 Å². The average molecular weight is 439 g/mol. The Morgan fingerprint density at radius 1 is 1.19 bits per heavy atom.